The van der Waals surface area contributed by atoms with E-state index in [4.69, 9.17) is 0 Å². The van der Waals surface area contributed by atoms with Gasteiger partial charge in [-0.25, -0.2) is 0 Å². The van der Waals surface area contributed by atoms with E-state index in [1.165, 1.54) is 6.42 Å². The number of piperazine rings is 1. The lowest BCUT2D eigenvalue weighted by atomic mass is 9.78. The first kappa shape index (κ1) is 24.1. The molecule has 2 saturated heterocycles. The molecule has 3 heterocycles. The number of piperidine rings is 1. The molecule has 0 bridgehead atoms. The molecule has 4 rings (SSSR count). The smallest absolute Gasteiger partial charge is 0.248 e. The summed E-state index contributed by atoms with van der Waals surface area (Å²) in [5.41, 5.74) is 1.37. The normalized spacial score (nSPS) is 25.3. The van der Waals surface area contributed by atoms with Gasteiger partial charge in [0.1, 0.15) is 11.6 Å². The van der Waals surface area contributed by atoms with Crippen LogP contribution in [0.5, 0.6) is 0 Å². The highest BCUT2D eigenvalue weighted by Crippen LogP contribution is 2.36. The lowest BCUT2D eigenvalue weighted by molar-refractivity contribution is -0.166. The van der Waals surface area contributed by atoms with E-state index >= 15 is 0 Å². The molecule has 2 aliphatic heterocycles. The standard InChI is InChI=1S/C26H40N4O3/c1-3-4-14-30-24(32)22(23(31)20-8-6-5-7-9-20)28-25(33)26(30)12-15-29(16-13-26)18-21-11-10-19(2)17-27-21/h10-11,17,20,22-23,31H,3-9,12-16,18H2,1-2H3,(H,28,33)/t22-,23-/m1/s1. The first-order valence-electron chi connectivity index (χ1n) is 12.9. The zero-order valence-corrected chi connectivity index (χ0v) is 20.3. The number of aryl methyl sites for hydroxylation is 1. The molecule has 1 saturated carbocycles. The maximum absolute atomic E-state index is 13.7. The van der Waals surface area contributed by atoms with Gasteiger partial charge in [0.05, 0.1) is 11.8 Å². The van der Waals surface area contributed by atoms with Crippen molar-refractivity contribution < 1.29 is 14.7 Å². The number of aliphatic hydroxyl groups is 1. The van der Waals surface area contributed by atoms with Crippen molar-refractivity contribution in [1.82, 2.24) is 20.1 Å². The first-order valence-corrected chi connectivity index (χ1v) is 12.9. The van der Waals surface area contributed by atoms with Gasteiger partial charge in [-0.2, -0.15) is 0 Å². The molecule has 3 fully saturated rings. The van der Waals surface area contributed by atoms with Crippen molar-refractivity contribution in [1.29, 1.82) is 0 Å². The average Bonchev–Trinajstić information content (AvgIpc) is 2.84. The fourth-order valence-electron chi connectivity index (χ4n) is 5.86. The van der Waals surface area contributed by atoms with Crippen LogP contribution in [0.4, 0.5) is 0 Å². The molecule has 182 valence electrons. The van der Waals surface area contributed by atoms with Crippen LogP contribution in [0.3, 0.4) is 0 Å². The van der Waals surface area contributed by atoms with Crippen LogP contribution < -0.4 is 5.32 Å². The monoisotopic (exact) mass is 456 g/mol. The molecule has 1 spiro atoms. The molecule has 1 aromatic heterocycles. The molecule has 1 aromatic rings. The lowest BCUT2D eigenvalue weighted by Gasteiger charge is -2.52. The molecule has 2 N–H and O–H groups in total. The number of nitrogens with one attached hydrogen (secondary N) is 1. The van der Waals surface area contributed by atoms with Gasteiger partial charge in [-0.1, -0.05) is 38.7 Å². The van der Waals surface area contributed by atoms with Crippen LogP contribution in [0.25, 0.3) is 0 Å². The largest absolute Gasteiger partial charge is 0.390 e. The summed E-state index contributed by atoms with van der Waals surface area (Å²) < 4.78 is 0. The van der Waals surface area contributed by atoms with E-state index in [0.29, 0.717) is 19.4 Å². The minimum Gasteiger partial charge on any atom is -0.390 e. The summed E-state index contributed by atoms with van der Waals surface area (Å²) in [5, 5.41) is 14.1. The average molecular weight is 457 g/mol. The van der Waals surface area contributed by atoms with Crippen molar-refractivity contribution >= 4 is 11.8 Å². The van der Waals surface area contributed by atoms with E-state index in [1.54, 1.807) is 0 Å². The SMILES string of the molecule is CCCCN1C(=O)[C@@H]([C@H](O)C2CCCCC2)NC(=O)C12CCN(Cc1ccc(C)cn1)CC2. The number of unbranched alkanes of at least 4 members (excludes halogenated alkanes) is 1. The van der Waals surface area contributed by atoms with E-state index in [0.717, 1.165) is 69.4 Å². The van der Waals surface area contributed by atoms with Crippen LogP contribution in [0, 0.1) is 12.8 Å². The van der Waals surface area contributed by atoms with Crippen LogP contribution in [0.2, 0.25) is 0 Å². The summed E-state index contributed by atoms with van der Waals surface area (Å²) in [6, 6.07) is 3.32. The number of likely N-dealkylation sites (tertiary alicyclic amines) is 1. The van der Waals surface area contributed by atoms with Crippen molar-refractivity contribution in [2.24, 2.45) is 5.92 Å². The molecule has 2 amide bonds. The molecule has 2 atom stereocenters. The summed E-state index contributed by atoms with van der Waals surface area (Å²) in [5.74, 6) is -0.0696. The number of carbonyl (C=O) groups excluding carboxylic acids is 2. The predicted octanol–water partition coefficient (Wildman–Crippen LogP) is 2.79. The fourth-order valence-corrected chi connectivity index (χ4v) is 5.86. The number of pyridine rings is 1. The summed E-state index contributed by atoms with van der Waals surface area (Å²) >= 11 is 0. The van der Waals surface area contributed by atoms with Crippen molar-refractivity contribution in [3.8, 4) is 0 Å². The summed E-state index contributed by atoms with van der Waals surface area (Å²) in [6.07, 6.45) is 9.39. The van der Waals surface area contributed by atoms with Crippen molar-refractivity contribution in [2.75, 3.05) is 19.6 Å². The fraction of sp³-hybridized carbons (Fsp3) is 0.731. The summed E-state index contributed by atoms with van der Waals surface area (Å²) in [7, 11) is 0. The van der Waals surface area contributed by atoms with Crippen LogP contribution in [0.15, 0.2) is 18.3 Å². The first-order chi connectivity index (χ1) is 15.9. The maximum atomic E-state index is 13.7. The molecule has 3 aliphatic rings. The van der Waals surface area contributed by atoms with Gasteiger partial charge in [-0.05, 0) is 56.6 Å². The Hall–Kier alpha value is -1.99. The van der Waals surface area contributed by atoms with Gasteiger partial charge in [-0.3, -0.25) is 19.5 Å². The maximum Gasteiger partial charge on any atom is 0.248 e. The van der Waals surface area contributed by atoms with Gasteiger partial charge in [0.2, 0.25) is 11.8 Å². The molecule has 0 aromatic carbocycles. The van der Waals surface area contributed by atoms with Gasteiger partial charge < -0.3 is 15.3 Å². The number of nitrogens with zero attached hydrogens (tertiary/aromatic N) is 3. The highest BCUT2D eigenvalue weighted by atomic mass is 16.3. The van der Waals surface area contributed by atoms with Gasteiger partial charge in [-0.15, -0.1) is 0 Å². The highest BCUT2D eigenvalue weighted by molar-refractivity contribution is 6.00. The quantitative estimate of drug-likeness (QED) is 0.659. The van der Waals surface area contributed by atoms with Crippen LogP contribution in [-0.2, 0) is 16.1 Å². The Labute approximate surface area is 197 Å². The Balaban J connectivity index is 1.47. The van der Waals surface area contributed by atoms with E-state index in [9.17, 15) is 14.7 Å². The second-order valence-electron chi connectivity index (χ2n) is 10.3. The molecule has 0 unspecified atom stereocenters. The molecular weight excluding hydrogens is 416 g/mol. The lowest BCUT2D eigenvalue weighted by Crippen LogP contribution is -2.75. The van der Waals surface area contributed by atoms with Crippen molar-refractivity contribution in [3.63, 3.8) is 0 Å². The molecule has 1 aliphatic carbocycles. The van der Waals surface area contributed by atoms with Gasteiger partial charge in [0.15, 0.2) is 0 Å². The number of carbonyl (C=O) groups is 2. The molecule has 33 heavy (non-hydrogen) atoms. The summed E-state index contributed by atoms with van der Waals surface area (Å²) in [4.78, 5) is 35.9. The summed E-state index contributed by atoms with van der Waals surface area (Å²) in [6.45, 7) is 6.96. The van der Waals surface area contributed by atoms with E-state index in [-0.39, 0.29) is 17.7 Å². The second kappa shape index (κ2) is 10.5. The number of rotatable bonds is 7. The number of hydrogen-bond acceptors (Lipinski definition) is 5. The van der Waals surface area contributed by atoms with Gasteiger partial charge in [0.25, 0.3) is 0 Å². The van der Waals surface area contributed by atoms with Crippen molar-refractivity contribution in [2.45, 2.75) is 95.9 Å². The Kier molecular flexibility index (Phi) is 7.69. The highest BCUT2D eigenvalue weighted by Gasteiger charge is 2.55. The Morgan fingerprint density at radius 1 is 1.18 bits per heavy atom. The minimum absolute atomic E-state index is 0.0776. The van der Waals surface area contributed by atoms with E-state index < -0.39 is 17.7 Å². The Morgan fingerprint density at radius 2 is 1.91 bits per heavy atom. The second-order valence-corrected chi connectivity index (χ2v) is 10.3. The van der Waals surface area contributed by atoms with Crippen LogP contribution in [-0.4, -0.2) is 69.0 Å². The molecule has 0 radical (unpaired) electrons. The van der Waals surface area contributed by atoms with Gasteiger partial charge >= 0.3 is 0 Å². The zero-order valence-electron chi connectivity index (χ0n) is 20.3. The third kappa shape index (κ3) is 5.09. The third-order valence-electron chi connectivity index (χ3n) is 8.01. The Bertz CT molecular complexity index is 813. The van der Waals surface area contributed by atoms with Crippen LogP contribution in [0.1, 0.15) is 76.0 Å². The molecular formula is C26H40N4O3. The Morgan fingerprint density at radius 3 is 2.55 bits per heavy atom. The van der Waals surface area contributed by atoms with E-state index in [2.05, 4.69) is 34.3 Å². The topological polar surface area (TPSA) is 85.8 Å². The third-order valence-corrected chi connectivity index (χ3v) is 8.01. The van der Waals surface area contributed by atoms with Gasteiger partial charge in [0, 0.05) is 32.4 Å². The van der Waals surface area contributed by atoms with Crippen LogP contribution >= 0.6 is 0 Å². The molecule has 7 heteroatoms. The zero-order chi connectivity index (χ0) is 23.4. The predicted molar refractivity (Wildman–Crippen MR) is 127 cm³/mol. The number of hydrogen-bond donors (Lipinski definition) is 2. The van der Waals surface area contributed by atoms with Crippen molar-refractivity contribution in [3.05, 3.63) is 29.6 Å². The van der Waals surface area contributed by atoms with E-state index in [1.807, 2.05) is 18.0 Å². The number of amides is 2. The minimum atomic E-state index is -0.808. The number of aliphatic hydroxyl groups excluding tert-OH is 1. The molecule has 7 nitrogen and oxygen atoms in total. The number of aromatic nitrogens is 1.